The first-order valence-corrected chi connectivity index (χ1v) is 8.16. The van der Waals surface area contributed by atoms with Gasteiger partial charge in [-0.05, 0) is 31.1 Å². The molecule has 3 rings (SSSR count). The second-order valence-electron chi connectivity index (χ2n) is 5.27. The number of aromatic nitrogens is 1. The van der Waals surface area contributed by atoms with E-state index in [2.05, 4.69) is 23.3 Å². The number of pyridine rings is 1. The van der Waals surface area contributed by atoms with Gasteiger partial charge in [-0.3, -0.25) is 14.9 Å². The standard InChI is InChI=1S/C16H15N3O3S/c1-2-3-4-11-5-6-12(23-11)8-14-13-7-10(19(21)22)9-17-15(13)18-16(14)20/h5-9H,2-4H2,1H3,(H,17,18,20). The molecule has 2 aromatic rings. The van der Waals surface area contributed by atoms with E-state index >= 15 is 0 Å². The summed E-state index contributed by atoms with van der Waals surface area (Å²) in [6.45, 7) is 2.15. The second-order valence-corrected chi connectivity index (χ2v) is 6.47. The molecule has 2 aromatic heterocycles. The van der Waals surface area contributed by atoms with Gasteiger partial charge in [0.15, 0.2) is 0 Å². The minimum Gasteiger partial charge on any atom is -0.306 e. The van der Waals surface area contributed by atoms with Crippen LogP contribution in [0.3, 0.4) is 0 Å². The van der Waals surface area contributed by atoms with Crippen LogP contribution in [-0.4, -0.2) is 15.8 Å². The van der Waals surface area contributed by atoms with Crippen molar-refractivity contribution in [3.63, 3.8) is 0 Å². The summed E-state index contributed by atoms with van der Waals surface area (Å²) in [6, 6.07) is 5.42. The van der Waals surface area contributed by atoms with Crippen molar-refractivity contribution in [1.29, 1.82) is 0 Å². The summed E-state index contributed by atoms with van der Waals surface area (Å²) in [5, 5.41) is 13.5. The largest absolute Gasteiger partial charge is 0.306 e. The number of hydrogen-bond donors (Lipinski definition) is 1. The molecule has 6 nitrogen and oxygen atoms in total. The quantitative estimate of drug-likeness (QED) is 0.512. The molecule has 3 heterocycles. The molecule has 0 fully saturated rings. The Kier molecular flexibility index (Phi) is 4.20. The first-order valence-electron chi connectivity index (χ1n) is 7.35. The van der Waals surface area contributed by atoms with Crippen molar-refractivity contribution in [1.82, 2.24) is 4.98 Å². The van der Waals surface area contributed by atoms with E-state index in [9.17, 15) is 14.9 Å². The highest BCUT2D eigenvalue weighted by atomic mass is 32.1. The Labute approximate surface area is 137 Å². The molecular formula is C16H15N3O3S. The number of rotatable bonds is 5. The fourth-order valence-electron chi connectivity index (χ4n) is 2.40. The van der Waals surface area contributed by atoms with E-state index in [0.29, 0.717) is 17.0 Å². The summed E-state index contributed by atoms with van der Waals surface area (Å²) in [5.74, 6) is 0.0890. The zero-order valence-corrected chi connectivity index (χ0v) is 13.4. The highest BCUT2D eigenvalue weighted by molar-refractivity contribution is 7.13. The normalized spacial score (nSPS) is 14.8. The molecule has 0 radical (unpaired) electrons. The molecular weight excluding hydrogens is 314 g/mol. The maximum absolute atomic E-state index is 12.1. The van der Waals surface area contributed by atoms with Gasteiger partial charge < -0.3 is 5.32 Å². The number of aryl methyl sites for hydroxylation is 1. The summed E-state index contributed by atoms with van der Waals surface area (Å²) in [7, 11) is 0. The summed E-state index contributed by atoms with van der Waals surface area (Å²) < 4.78 is 0. The van der Waals surface area contributed by atoms with Crippen LogP contribution in [0.4, 0.5) is 11.5 Å². The van der Waals surface area contributed by atoms with Crippen LogP contribution in [0.15, 0.2) is 24.4 Å². The van der Waals surface area contributed by atoms with Crippen LogP contribution in [0.25, 0.3) is 11.6 Å². The lowest BCUT2D eigenvalue weighted by molar-refractivity contribution is -0.385. The van der Waals surface area contributed by atoms with E-state index in [4.69, 9.17) is 0 Å². The number of anilines is 1. The van der Waals surface area contributed by atoms with Gasteiger partial charge >= 0.3 is 0 Å². The molecule has 118 valence electrons. The number of carbonyl (C=O) groups is 1. The van der Waals surface area contributed by atoms with Crippen molar-refractivity contribution in [2.75, 3.05) is 5.32 Å². The molecule has 0 saturated carbocycles. The molecule has 1 aliphatic heterocycles. The Morgan fingerprint density at radius 2 is 2.26 bits per heavy atom. The van der Waals surface area contributed by atoms with Crippen LogP contribution < -0.4 is 5.32 Å². The summed E-state index contributed by atoms with van der Waals surface area (Å²) in [5.41, 5.74) is 0.772. The molecule has 1 N–H and O–H groups in total. The van der Waals surface area contributed by atoms with Gasteiger partial charge in [0.05, 0.1) is 10.5 Å². The first-order chi connectivity index (χ1) is 11.1. The van der Waals surface area contributed by atoms with Gasteiger partial charge in [-0.15, -0.1) is 11.3 Å². The number of nitro groups is 1. The molecule has 1 amide bonds. The molecule has 0 bridgehead atoms. The molecule has 7 heteroatoms. The average Bonchev–Trinajstić information content (AvgIpc) is 3.10. The highest BCUT2D eigenvalue weighted by Gasteiger charge is 2.27. The number of hydrogen-bond acceptors (Lipinski definition) is 5. The summed E-state index contributed by atoms with van der Waals surface area (Å²) in [4.78, 5) is 28.7. The van der Waals surface area contributed by atoms with Crippen LogP contribution in [0, 0.1) is 10.1 Å². The molecule has 0 aliphatic carbocycles. The molecule has 0 aromatic carbocycles. The van der Waals surface area contributed by atoms with Gasteiger partial charge in [0, 0.05) is 21.4 Å². The smallest absolute Gasteiger partial charge is 0.288 e. The predicted octanol–water partition coefficient (Wildman–Crippen LogP) is 3.89. The minimum absolute atomic E-state index is 0.124. The van der Waals surface area contributed by atoms with E-state index in [-0.39, 0.29) is 11.6 Å². The Morgan fingerprint density at radius 1 is 1.43 bits per heavy atom. The summed E-state index contributed by atoms with van der Waals surface area (Å²) in [6.07, 6.45) is 6.22. The van der Waals surface area contributed by atoms with Crippen LogP contribution in [-0.2, 0) is 11.2 Å². The van der Waals surface area contributed by atoms with Crippen molar-refractivity contribution in [3.05, 3.63) is 49.8 Å². The van der Waals surface area contributed by atoms with E-state index in [1.807, 2.05) is 6.07 Å². The molecule has 23 heavy (non-hydrogen) atoms. The number of amides is 1. The topological polar surface area (TPSA) is 85.1 Å². The van der Waals surface area contributed by atoms with Gasteiger partial charge in [-0.1, -0.05) is 13.3 Å². The predicted molar refractivity (Wildman–Crippen MR) is 90.3 cm³/mol. The Balaban J connectivity index is 1.94. The number of fused-ring (bicyclic) bond motifs is 1. The Morgan fingerprint density at radius 3 is 3.00 bits per heavy atom. The number of nitrogens with one attached hydrogen (secondary N) is 1. The first kappa shape index (κ1) is 15.4. The van der Waals surface area contributed by atoms with Crippen molar-refractivity contribution < 1.29 is 9.72 Å². The third kappa shape index (κ3) is 3.14. The molecule has 1 aliphatic rings. The monoisotopic (exact) mass is 329 g/mol. The lowest BCUT2D eigenvalue weighted by Gasteiger charge is -1.97. The van der Waals surface area contributed by atoms with E-state index < -0.39 is 4.92 Å². The SMILES string of the molecule is CCCCc1ccc(C=C2C(=O)Nc3ncc([N+](=O)[O-])cc32)s1. The maximum Gasteiger partial charge on any atom is 0.288 e. The molecule has 0 spiro atoms. The van der Waals surface area contributed by atoms with Gasteiger partial charge in [-0.2, -0.15) is 0 Å². The number of unbranched alkanes of at least 4 members (excludes halogenated alkanes) is 1. The van der Waals surface area contributed by atoms with Crippen molar-refractivity contribution in [3.8, 4) is 0 Å². The average molecular weight is 329 g/mol. The maximum atomic E-state index is 12.1. The van der Waals surface area contributed by atoms with Gasteiger partial charge in [0.25, 0.3) is 11.6 Å². The second kappa shape index (κ2) is 6.29. The highest BCUT2D eigenvalue weighted by Crippen LogP contribution is 2.34. The summed E-state index contributed by atoms with van der Waals surface area (Å²) >= 11 is 1.64. The Bertz CT molecular complexity index is 811. The zero-order chi connectivity index (χ0) is 16.4. The number of carbonyl (C=O) groups excluding carboxylic acids is 1. The molecule has 0 unspecified atom stereocenters. The van der Waals surface area contributed by atoms with E-state index in [0.717, 1.165) is 30.3 Å². The third-order valence-corrected chi connectivity index (χ3v) is 4.69. The fourth-order valence-corrected chi connectivity index (χ4v) is 3.40. The van der Waals surface area contributed by atoms with Gasteiger partial charge in [0.1, 0.15) is 12.0 Å². The molecule has 0 atom stereocenters. The number of nitrogens with zero attached hydrogens (tertiary/aromatic N) is 2. The van der Waals surface area contributed by atoms with Crippen LogP contribution in [0.1, 0.15) is 35.1 Å². The van der Waals surface area contributed by atoms with Crippen LogP contribution >= 0.6 is 11.3 Å². The lowest BCUT2D eigenvalue weighted by Crippen LogP contribution is -2.04. The van der Waals surface area contributed by atoms with E-state index in [1.165, 1.54) is 10.9 Å². The van der Waals surface area contributed by atoms with Crippen LogP contribution in [0.5, 0.6) is 0 Å². The van der Waals surface area contributed by atoms with Crippen LogP contribution in [0.2, 0.25) is 0 Å². The van der Waals surface area contributed by atoms with Gasteiger partial charge in [-0.25, -0.2) is 4.98 Å². The van der Waals surface area contributed by atoms with E-state index in [1.54, 1.807) is 17.4 Å². The fraction of sp³-hybridized carbons (Fsp3) is 0.250. The zero-order valence-electron chi connectivity index (χ0n) is 12.5. The third-order valence-electron chi connectivity index (χ3n) is 3.60. The number of thiophene rings is 1. The van der Waals surface area contributed by atoms with Gasteiger partial charge in [0.2, 0.25) is 0 Å². The lowest BCUT2D eigenvalue weighted by atomic mass is 10.1. The molecule has 0 saturated heterocycles. The Hall–Kier alpha value is -2.54. The van der Waals surface area contributed by atoms with Crippen molar-refractivity contribution in [2.24, 2.45) is 0 Å². The van der Waals surface area contributed by atoms with Crippen molar-refractivity contribution in [2.45, 2.75) is 26.2 Å². The van der Waals surface area contributed by atoms with Crippen molar-refractivity contribution >= 4 is 40.4 Å². The minimum atomic E-state index is -0.512.